The van der Waals surface area contributed by atoms with Crippen LogP contribution in [-0.2, 0) is 4.74 Å². The lowest BCUT2D eigenvalue weighted by Crippen LogP contribution is -2.26. The number of hydrogen-bond donors (Lipinski definition) is 1. The normalized spacial score (nSPS) is 10.6. The molecule has 0 aliphatic heterocycles. The zero-order valence-corrected chi connectivity index (χ0v) is 16.8. The van der Waals surface area contributed by atoms with E-state index < -0.39 is 0 Å². The lowest BCUT2D eigenvalue weighted by molar-refractivity contribution is 0.0944. The van der Waals surface area contributed by atoms with Gasteiger partial charge in [-0.2, -0.15) is 5.10 Å². The predicted molar refractivity (Wildman–Crippen MR) is 111 cm³/mol. The van der Waals surface area contributed by atoms with Crippen LogP contribution in [0.1, 0.15) is 16.9 Å². The molecule has 152 valence electrons. The van der Waals surface area contributed by atoms with Crippen LogP contribution in [0, 0.1) is 0 Å². The molecule has 0 spiro atoms. The van der Waals surface area contributed by atoms with Crippen LogP contribution in [0.3, 0.4) is 0 Å². The molecule has 1 aromatic heterocycles. The van der Waals surface area contributed by atoms with Crippen LogP contribution in [0.2, 0.25) is 0 Å². The lowest BCUT2D eigenvalue weighted by Gasteiger charge is -2.10. The monoisotopic (exact) mass is 395 g/mol. The number of carbonyl (C=O) groups is 1. The number of hydrogen-bond acceptors (Lipinski definition) is 5. The van der Waals surface area contributed by atoms with Crippen LogP contribution < -0.4 is 14.8 Å². The van der Waals surface area contributed by atoms with E-state index in [1.165, 1.54) is 0 Å². The maximum atomic E-state index is 12.8. The molecular formula is C22H25N3O4. The molecule has 0 bridgehead atoms. The number of aromatic nitrogens is 2. The van der Waals surface area contributed by atoms with Crippen LogP contribution >= 0.6 is 0 Å². The molecule has 2 aromatic carbocycles. The Balaban J connectivity index is 2.00. The van der Waals surface area contributed by atoms with Gasteiger partial charge in [-0.05, 0) is 36.2 Å². The molecule has 1 heterocycles. The number of para-hydroxylation sites is 1. The number of nitrogens with zero attached hydrogens (tertiary/aromatic N) is 2. The van der Waals surface area contributed by atoms with Crippen molar-refractivity contribution >= 4 is 5.91 Å². The first-order chi connectivity index (χ1) is 14.2. The molecule has 1 amide bonds. The van der Waals surface area contributed by atoms with Crippen molar-refractivity contribution in [1.82, 2.24) is 15.1 Å². The van der Waals surface area contributed by atoms with Crippen molar-refractivity contribution in [3.63, 3.8) is 0 Å². The highest BCUT2D eigenvalue weighted by Crippen LogP contribution is 2.34. The second-order valence-corrected chi connectivity index (χ2v) is 6.34. The van der Waals surface area contributed by atoms with E-state index in [4.69, 9.17) is 14.2 Å². The average molecular weight is 395 g/mol. The molecule has 0 fully saturated rings. The van der Waals surface area contributed by atoms with E-state index in [1.54, 1.807) is 26.0 Å². The Bertz CT molecular complexity index is 954. The summed E-state index contributed by atoms with van der Waals surface area (Å²) < 4.78 is 17.5. The van der Waals surface area contributed by atoms with Gasteiger partial charge < -0.3 is 19.5 Å². The van der Waals surface area contributed by atoms with Gasteiger partial charge >= 0.3 is 0 Å². The standard InChI is InChI=1S/C22H25N3O4/c1-27-13-7-12-23-22(26)21-18(15-25(24-21)17-8-5-4-6-9-17)16-10-11-19(28-2)20(14-16)29-3/h4-6,8-11,14-15H,7,12-13H2,1-3H3,(H,23,26). The van der Waals surface area contributed by atoms with Crippen molar-refractivity contribution in [2.45, 2.75) is 6.42 Å². The maximum absolute atomic E-state index is 12.8. The first-order valence-electron chi connectivity index (χ1n) is 9.32. The van der Waals surface area contributed by atoms with Crippen molar-refractivity contribution in [2.24, 2.45) is 0 Å². The Hall–Kier alpha value is -3.32. The Morgan fingerprint density at radius 1 is 1.03 bits per heavy atom. The number of methoxy groups -OCH3 is 3. The largest absolute Gasteiger partial charge is 0.493 e. The van der Waals surface area contributed by atoms with E-state index in [0.29, 0.717) is 35.9 Å². The highest BCUT2D eigenvalue weighted by molar-refractivity contribution is 5.99. The van der Waals surface area contributed by atoms with Crippen molar-refractivity contribution in [2.75, 3.05) is 34.5 Å². The smallest absolute Gasteiger partial charge is 0.272 e. The fourth-order valence-corrected chi connectivity index (χ4v) is 2.97. The van der Waals surface area contributed by atoms with E-state index in [-0.39, 0.29) is 5.91 Å². The molecule has 0 radical (unpaired) electrons. The van der Waals surface area contributed by atoms with Gasteiger partial charge in [0, 0.05) is 32.0 Å². The zero-order valence-electron chi connectivity index (χ0n) is 16.8. The van der Waals surface area contributed by atoms with Gasteiger partial charge in [0.15, 0.2) is 17.2 Å². The average Bonchev–Trinajstić information content (AvgIpc) is 3.22. The summed E-state index contributed by atoms with van der Waals surface area (Å²) in [5, 5.41) is 7.46. The predicted octanol–water partition coefficient (Wildman–Crippen LogP) is 3.32. The third kappa shape index (κ3) is 4.75. The van der Waals surface area contributed by atoms with Gasteiger partial charge in [-0.1, -0.05) is 24.3 Å². The number of benzene rings is 2. The molecule has 0 saturated carbocycles. The van der Waals surface area contributed by atoms with Gasteiger partial charge in [0.2, 0.25) is 0 Å². The minimum Gasteiger partial charge on any atom is -0.493 e. The van der Waals surface area contributed by atoms with Crippen molar-refractivity contribution < 1.29 is 19.0 Å². The highest BCUT2D eigenvalue weighted by atomic mass is 16.5. The molecule has 0 unspecified atom stereocenters. The summed E-state index contributed by atoms with van der Waals surface area (Å²) in [6.45, 7) is 1.09. The van der Waals surface area contributed by atoms with E-state index >= 15 is 0 Å². The van der Waals surface area contributed by atoms with Gasteiger partial charge in [0.05, 0.1) is 19.9 Å². The topological polar surface area (TPSA) is 74.6 Å². The molecule has 1 N–H and O–H groups in total. The van der Waals surface area contributed by atoms with Crippen LogP contribution in [0.25, 0.3) is 16.8 Å². The zero-order chi connectivity index (χ0) is 20.6. The Kier molecular flexibility index (Phi) is 6.86. The summed E-state index contributed by atoms with van der Waals surface area (Å²) in [5.41, 5.74) is 2.73. The number of nitrogens with one attached hydrogen (secondary N) is 1. The van der Waals surface area contributed by atoms with Gasteiger partial charge in [-0.15, -0.1) is 0 Å². The Morgan fingerprint density at radius 2 is 1.79 bits per heavy atom. The first-order valence-corrected chi connectivity index (χ1v) is 9.32. The second-order valence-electron chi connectivity index (χ2n) is 6.34. The summed E-state index contributed by atoms with van der Waals surface area (Å²) in [6, 6.07) is 15.2. The van der Waals surface area contributed by atoms with Crippen LogP contribution in [0.4, 0.5) is 0 Å². The number of rotatable bonds is 9. The Morgan fingerprint density at radius 3 is 2.48 bits per heavy atom. The molecular weight excluding hydrogens is 370 g/mol. The molecule has 7 heteroatoms. The van der Waals surface area contributed by atoms with Gasteiger partial charge in [-0.25, -0.2) is 4.68 Å². The second kappa shape index (κ2) is 9.75. The first kappa shape index (κ1) is 20.4. The van der Waals surface area contributed by atoms with Crippen LogP contribution in [0.5, 0.6) is 11.5 Å². The number of carbonyl (C=O) groups excluding carboxylic acids is 1. The molecule has 0 atom stereocenters. The Labute approximate surface area is 170 Å². The molecule has 29 heavy (non-hydrogen) atoms. The van der Waals surface area contributed by atoms with E-state index in [2.05, 4.69) is 10.4 Å². The minimum absolute atomic E-state index is 0.236. The third-order valence-corrected chi connectivity index (χ3v) is 4.46. The van der Waals surface area contributed by atoms with Gasteiger partial charge in [-0.3, -0.25) is 4.79 Å². The SMILES string of the molecule is COCCCNC(=O)c1nn(-c2ccccc2)cc1-c1ccc(OC)c(OC)c1. The molecule has 0 aliphatic rings. The minimum atomic E-state index is -0.236. The third-order valence-electron chi connectivity index (χ3n) is 4.46. The molecule has 3 rings (SSSR count). The lowest BCUT2D eigenvalue weighted by atomic mass is 10.1. The molecule has 0 saturated heterocycles. The summed E-state index contributed by atoms with van der Waals surface area (Å²) in [6.07, 6.45) is 2.58. The quantitative estimate of drug-likeness (QED) is 0.563. The fraction of sp³-hybridized carbons (Fsp3) is 0.273. The fourth-order valence-electron chi connectivity index (χ4n) is 2.97. The summed E-state index contributed by atoms with van der Waals surface area (Å²) in [5.74, 6) is 0.974. The summed E-state index contributed by atoms with van der Waals surface area (Å²) in [4.78, 5) is 12.8. The molecule has 7 nitrogen and oxygen atoms in total. The van der Waals surface area contributed by atoms with Crippen LogP contribution in [-0.4, -0.2) is 50.2 Å². The molecule has 0 aliphatic carbocycles. The molecule has 3 aromatic rings. The highest BCUT2D eigenvalue weighted by Gasteiger charge is 2.20. The van der Waals surface area contributed by atoms with Gasteiger partial charge in [0.1, 0.15) is 0 Å². The van der Waals surface area contributed by atoms with E-state index in [1.807, 2.05) is 54.7 Å². The number of ether oxygens (including phenoxy) is 3. The van der Waals surface area contributed by atoms with Crippen molar-refractivity contribution in [3.05, 3.63) is 60.4 Å². The summed E-state index contributed by atoms with van der Waals surface area (Å²) >= 11 is 0. The maximum Gasteiger partial charge on any atom is 0.272 e. The van der Waals surface area contributed by atoms with Crippen LogP contribution in [0.15, 0.2) is 54.7 Å². The van der Waals surface area contributed by atoms with E-state index in [0.717, 1.165) is 17.7 Å². The van der Waals surface area contributed by atoms with Gasteiger partial charge in [0.25, 0.3) is 5.91 Å². The number of amides is 1. The van der Waals surface area contributed by atoms with Crippen molar-refractivity contribution in [1.29, 1.82) is 0 Å². The van der Waals surface area contributed by atoms with Crippen molar-refractivity contribution in [3.8, 4) is 28.3 Å². The summed E-state index contributed by atoms with van der Waals surface area (Å²) in [7, 11) is 4.81. The van der Waals surface area contributed by atoms with E-state index in [9.17, 15) is 4.79 Å².